The highest BCUT2D eigenvalue weighted by atomic mass is 79.9. The van der Waals surface area contributed by atoms with E-state index in [2.05, 4.69) is 21.2 Å². The molecule has 0 aliphatic rings. The Morgan fingerprint density at radius 2 is 2.00 bits per heavy atom. The predicted octanol–water partition coefficient (Wildman–Crippen LogP) is 4.84. The fourth-order valence-electron chi connectivity index (χ4n) is 1.92. The zero-order valence-corrected chi connectivity index (χ0v) is 12.8. The zero-order valence-electron chi connectivity index (χ0n) is 11.2. The molecule has 1 nitrogen and oxygen atoms in total. The lowest BCUT2D eigenvalue weighted by molar-refractivity contribution is -0.136. The van der Waals surface area contributed by atoms with Gasteiger partial charge in [0, 0.05) is 16.9 Å². The van der Waals surface area contributed by atoms with Gasteiger partial charge < -0.3 is 5.32 Å². The Morgan fingerprint density at radius 1 is 1.30 bits per heavy atom. The second-order valence-electron chi connectivity index (χ2n) is 4.74. The fourth-order valence-corrected chi connectivity index (χ4v) is 2.43. The molecule has 20 heavy (non-hydrogen) atoms. The van der Waals surface area contributed by atoms with E-state index in [1.807, 2.05) is 6.92 Å². The van der Waals surface area contributed by atoms with Gasteiger partial charge in [0.05, 0.1) is 0 Å². The molecule has 1 atom stereocenters. The molecule has 1 unspecified atom stereocenters. The molecule has 0 bridgehead atoms. The van der Waals surface area contributed by atoms with Crippen molar-refractivity contribution in [2.24, 2.45) is 0 Å². The topological polar surface area (TPSA) is 12.0 Å². The molecule has 0 radical (unpaired) electrons. The Balaban J connectivity index is 2.67. The van der Waals surface area contributed by atoms with Crippen LogP contribution in [0.5, 0.6) is 0 Å². The molecule has 0 spiro atoms. The Hall–Kier alpha value is -0.620. The molecule has 0 aliphatic heterocycles. The first-order valence-corrected chi connectivity index (χ1v) is 7.35. The smallest absolute Gasteiger partial charge is 0.314 e. The Bertz CT molecular complexity index is 420. The van der Waals surface area contributed by atoms with Crippen LogP contribution in [0.4, 0.5) is 17.6 Å². The van der Waals surface area contributed by atoms with Crippen LogP contribution in [-0.2, 0) is 6.42 Å². The summed E-state index contributed by atoms with van der Waals surface area (Å²) in [6.45, 7) is 2.63. The van der Waals surface area contributed by atoms with Gasteiger partial charge in [0.15, 0.2) is 0 Å². The third kappa shape index (κ3) is 6.70. The average Bonchev–Trinajstić information content (AvgIpc) is 2.34. The quantitative estimate of drug-likeness (QED) is 0.690. The van der Waals surface area contributed by atoms with E-state index in [4.69, 9.17) is 0 Å². The van der Waals surface area contributed by atoms with Crippen LogP contribution in [0.2, 0.25) is 0 Å². The minimum absolute atomic E-state index is 0.0211. The largest absolute Gasteiger partial charge is 0.389 e. The van der Waals surface area contributed by atoms with Gasteiger partial charge in [0.25, 0.3) is 0 Å². The van der Waals surface area contributed by atoms with E-state index in [0.717, 1.165) is 12.0 Å². The Kier molecular flexibility index (Phi) is 6.95. The molecule has 0 fully saturated rings. The summed E-state index contributed by atoms with van der Waals surface area (Å²) in [6.07, 6.45) is -3.64. The van der Waals surface area contributed by atoms with Crippen LogP contribution < -0.4 is 5.32 Å². The monoisotopic (exact) mass is 355 g/mol. The molecule has 1 aromatic rings. The fraction of sp³-hybridized carbons (Fsp3) is 0.571. The maximum absolute atomic E-state index is 13.0. The van der Waals surface area contributed by atoms with Crippen LogP contribution in [0.3, 0.4) is 0 Å². The van der Waals surface area contributed by atoms with Gasteiger partial charge in [-0.05, 0) is 43.5 Å². The lowest BCUT2D eigenvalue weighted by Gasteiger charge is -2.20. The van der Waals surface area contributed by atoms with E-state index < -0.39 is 12.6 Å². The maximum Gasteiger partial charge on any atom is 0.389 e. The summed E-state index contributed by atoms with van der Waals surface area (Å²) in [5.74, 6) is -0.367. The molecule has 0 amide bonds. The summed E-state index contributed by atoms with van der Waals surface area (Å²) >= 11 is 3.24. The molecule has 0 heterocycles. The van der Waals surface area contributed by atoms with Crippen LogP contribution in [0, 0.1) is 5.82 Å². The van der Waals surface area contributed by atoms with Crippen molar-refractivity contribution in [1.29, 1.82) is 0 Å². The molecule has 0 saturated heterocycles. The Labute approximate surface area is 124 Å². The molecule has 114 valence electrons. The Morgan fingerprint density at radius 3 is 2.55 bits per heavy atom. The van der Waals surface area contributed by atoms with E-state index in [1.54, 1.807) is 6.07 Å². The number of nitrogens with one attached hydrogen (secondary N) is 1. The van der Waals surface area contributed by atoms with Crippen LogP contribution in [0.15, 0.2) is 22.7 Å². The van der Waals surface area contributed by atoms with E-state index in [1.165, 1.54) is 12.1 Å². The standard InChI is InChI=1S/C14H18BrF4N/c1-2-7-20-12(5-6-14(17,18)19)8-10-3-4-11(16)9-13(10)15/h3-4,9,12,20H,2,5-8H2,1H3. The van der Waals surface area contributed by atoms with E-state index >= 15 is 0 Å². The van der Waals surface area contributed by atoms with Gasteiger partial charge >= 0.3 is 6.18 Å². The molecule has 1 N–H and O–H groups in total. The average molecular weight is 356 g/mol. The van der Waals surface area contributed by atoms with Crippen molar-refractivity contribution in [3.63, 3.8) is 0 Å². The second kappa shape index (κ2) is 7.98. The summed E-state index contributed by atoms with van der Waals surface area (Å²) in [4.78, 5) is 0. The first kappa shape index (κ1) is 17.4. The lowest BCUT2D eigenvalue weighted by Crippen LogP contribution is -2.33. The molecule has 1 aromatic carbocycles. The molecule has 0 aliphatic carbocycles. The van der Waals surface area contributed by atoms with Crippen molar-refractivity contribution in [3.05, 3.63) is 34.1 Å². The van der Waals surface area contributed by atoms with Gasteiger partial charge in [0.2, 0.25) is 0 Å². The summed E-state index contributed by atoms with van der Waals surface area (Å²) in [5.41, 5.74) is 0.808. The number of hydrogen-bond donors (Lipinski definition) is 1. The summed E-state index contributed by atoms with van der Waals surface area (Å²) in [5, 5.41) is 3.12. The number of benzene rings is 1. The first-order chi connectivity index (χ1) is 9.31. The highest BCUT2D eigenvalue weighted by molar-refractivity contribution is 9.10. The van der Waals surface area contributed by atoms with Gasteiger partial charge in [-0.3, -0.25) is 0 Å². The minimum atomic E-state index is -4.15. The second-order valence-corrected chi connectivity index (χ2v) is 5.60. The van der Waals surface area contributed by atoms with Crippen LogP contribution >= 0.6 is 15.9 Å². The van der Waals surface area contributed by atoms with E-state index in [9.17, 15) is 17.6 Å². The number of rotatable bonds is 7. The van der Waals surface area contributed by atoms with Crippen molar-refractivity contribution < 1.29 is 17.6 Å². The van der Waals surface area contributed by atoms with Gasteiger partial charge in [-0.2, -0.15) is 13.2 Å². The summed E-state index contributed by atoms with van der Waals surface area (Å²) in [7, 11) is 0. The van der Waals surface area contributed by atoms with Crippen molar-refractivity contribution in [3.8, 4) is 0 Å². The number of alkyl halides is 3. The van der Waals surface area contributed by atoms with Crippen LogP contribution in [-0.4, -0.2) is 18.8 Å². The minimum Gasteiger partial charge on any atom is -0.314 e. The predicted molar refractivity (Wildman–Crippen MR) is 75.2 cm³/mol. The van der Waals surface area contributed by atoms with Crippen molar-refractivity contribution in [1.82, 2.24) is 5.32 Å². The van der Waals surface area contributed by atoms with E-state index in [-0.39, 0.29) is 18.3 Å². The number of halogens is 5. The molecule has 0 saturated carbocycles. The molecule has 0 aromatic heterocycles. The normalized spacial score (nSPS) is 13.5. The van der Waals surface area contributed by atoms with Crippen LogP contribution in [0.1, 0.15) is 31.7 Å². The third-order valence-corrected chi connectivity index (χ3v) is 3.68. The third-order valence-electron chi connectivity index (χ3n) is 2.94. The summed E-state index contributed by atoms with van der Waals surface area (Å²) in [6, 6.07) is 3.99. The SMILES string of the molecule is CCCNC(CCC(F)(F)F)Cc1ccc(F)cc1Br. The molecular formula is C14H18BrF4N. The lowest BCUT2D eigenvalue weighted by atomic mass is 10.0. The van der Waals surface area contributed by atoms with Gasteiger partial charge in [-0.25, -0.2) is 4.39 Å². The zero-order chi connectivity index (χ0) is 15.2. The van der Waals surface area contributed by atoms with Crippen molar-refractivity contribution >= 4 is 15.9 Å². The highest BCUT2D eigenvalue weighted by Gasteiger charge is 2.28. The molecule has 6 heteroatoms. The van der Waals surface area contributed by atoms with Crippen LogP contribution in [0.25, 0.3) is 0 Å². The van der Waals surface area contributed by atoms with Crippen molar-refractivity contribution in [2.75, 3.05) is 6.54 Å². The summed E-state index contributed by atoms with van der Waals surface area (Å²) < 4.78 is 50.6. The molecule has 1 rings (SSSR count). The van der Waals surface area contributed by atoms with Gasteiger partial charge in [-0.1, -0.05) is 28.9 Å². The highest BCUT2D eigenvalue weighted by Crippen LogP contribution is 2.25. The van der Waals surface area contributed by atoms with Gasteiger partial charge in [0.1, 0.15) is 5.82 Å². The molecular weight excluding hydrogens is 338 g/mol. The first-order valence-electron chi connectivity index (χ1n) is 6.56. The van der Waals surface area contributed by atoms with E-state index in [0.29, 0.717) is 17.4 Å². The number of hydrogen-bond acceptors (Lipinski definition) is 1. The maximum atomic E-state index is 13.0. The van der Waals surface area contributed by atoms with Gasteiger partial charge in [-0.15, -0.1) is 0 Å². The van der Waals surface area contributed by atoms with Crippen molar-refractivity contribution in [2.45, 2.75) is 44.8 Å².